The molecule has 9 heteroatoms. The van der Waals surface area contributed by atoms with Gasteiger partial charge in [-0.15, -0.1) is 0 Å². The molecule has 0 spiro atoms. The van der Waals surface area contributed by atoms with Crippen molar-refractivity contribution in [2.24, 2.45) is 0 Å². The van der Waals surface area contributed by atoms with Crippen LogP contribution in [0.5, 0.6) is 5.75 Å². The minimum atomic E-state index is -0.809. The zero-order chi connectivity index (χ0) is 21.4. The Morgan fingerprint density at radius 1 is 1.10 bits per heavy atom. The molecule has 156 valence electrons. The monoisotopic (exact) mass is 415 g/mol. The second kappa shape index (κ2) is 7.74. The van der Waals surface area contributed by atoms with Crippen molar-refractivity contribution in [3.05, 3.63) is 53.6 Å². The van der Waals surface area contributed by atoms with Gasteiger partial charge < -0.3 is 19.9 Å². The maximum atomic E-state index is 13.5. The van der Waals surface area contributed by atoms with Crippen LogP contribution in [0.25, 0.3) is 0 Å². The molecule has 1 saturated heterocycles. The smallest absolute Gasteiger partial charge is 0.315 e. The van der Waals surface area contributed by atoms with Gasteiger partial charge in [0.2, 0.25) is 0 Å². The van der Waals surface area contributed by atoms with Gasteiger partial charge in [-0.1, -0.05) is 6.07 Å². The highest BCUT2D eigenvalue weighted by molar-refractivity contribution is 6.39. The molecule has 30 heavy (non-hydrogen) atoms. The second-order valence-electron chi connectivity index (χ2n) is 7.35. The normalized spacial score (nSPS) is 18.1. The number of carbonyl (C=O) groups excluding carboxylic acids is 3. The molecule has 0 radical (unpaired) electrons. The highest BCUT2D eigenvalue weighted by Crippen LogP contribution is 2.29. The fraction of sp³-hybridized carbons (Fsp3) is 0.286. The third-order valence-corrected chi connectivity index (χ3v) is 5.18. The molecule has 0 aromatic heterocycles. The van der Waals surface area contributed by atoms with Crippen molar-refractivity contribution < 1.29 is 27.9 Å². The van der Waals surface area contributed by atoms with Crippen LogP contribution in [0.4, 0.5) is 20.2 Å². The molecule has 2 amide bonds. The van der Waals surface area contributed by atoms with Gasteiger partial charge in [-0.2, -0.15) is 0 Å². The minimum absolute atomic E-state index is 0.180. The molecule has 2 aliphatic rings. The number of nitrogens with zero attached hydrogens (tertiary/aromatic N) is 2. The predicted octanol–water partition coefficient (Wildman–Crippen LogP) is 2.10. The summed E-state index contributed by atoms with van der Waals surface area (Å²) in [5.74, 6) is -2.85. The lowest BCUT2D eigenvalue weighted by atomic mass is 10.1. The maximum absolute atomic E-state index is 13.5. The summed E-state index contributed by atoms with van der Waals surface area (Å²) < 4.78 is 32.0. The molecular formula is C21H19F2N3O4. The van der Waals surface area contributed by atoms with Gasteiger partial charge >= 0.3 is 17.8 Å². The number of hydrogen-bond donors (Lipinski definition) is 1. The van der Waals surface area contributed by atoms with E-state index in [1.807, 2.05) is 0 Å². The highest BCUT2D eigenvalue weighted by Gasteiger charge is 2.32. The molecule has 0 aliphatic carbocycles. The van der Waals surface area contributed by atoms with E-state index in [1.165, 1.54) is 23.1 Å². The first-order valence-corrected chi connectivity index (χ1v) is 9.47. The summed E-state index contributed by atoms with van der Waals surface area (Å²) in [4.78, 5) is 39.6. The molecule has 1 N–H and O–H groups in total. The van der Waals surface area contributed by atoms with Gasteiger partial charge in [0.15, 0.2) is 0 Å². The lowest BCUT2D eigenvalue weighted by molar-refractivity contribution is -0.144. The Hall–Kier alpha value is -3.49. The second-order valence-corrected chi connectivity index (χ2v) is 7.35. The van der Waals surface area contributed by atoms with E-state index in [9.17, 15) is 23.2 Å². The first-order chi connectivity index (χ1) is 14.3. The Bertz CT molecular complexity index is 1020. The van der Waals surface area contributed by atoms with Crippen molar-refractivity contribution in [3.8, 4) is 5.75 Å². The lowest BCUT2D eigenvalue weighted by Gasteiger charge is -2.40. The molecular weight excluding hydrogens is 396 g/mol. The van der Waals surface area contributed by atoms with Crippen molar-refractivity contribution in [2.75, 3.05) is 29.9 Å². The molecule has 2 aromatic rings. The van der Waals surface area contributed by atoms with Crippen LogP contribution in [-0.4, -0.2) is 48.4 Å². The van der Waals surface area contributed by atoms with Crippen molar-refractivity contribution in [1.29, 1.82) is 0 Å². The molecule has 2 heterocycles. The third kappa shape index (κ3) is 3.96. The molecule has 2 aliphatic heterocycles. The van der Waals surface area contributed by atoms with E-state index in [-0.39, 0.29) is 25.0 Å². The van der Waals surface area contributed by atoms with E-state index in [2.05, 4.69) is 5.32 Å². The van der Waals surface area contributed by atoms with Gasteiger partial charge in [0, 0.05) is 54.7 Å². The molecule has 0 bridgehead atoms. The summed E-state index contributed by atoms with van der Waals surface area (Å²) in [6, 6.07) is 7.71. The molecule has 1 fully saturated rings. The first-order valence-electron chi connectivity index (χ1n) is 9.47. The number of fused-ring (bicyclic) bond motifs is 1. The van der Waals surface area contributed by atoms with Crippen LogP contribution in [0.15, 0.2) is 36.4 Å². The number of benzene rings is 2. The number of rotatable bonds is 2. The van der Waals surface area contributed by atoms with Crippen molar-refractivity contribution >= 4 is 29.2 Å². The summed E-state index contributed by atoms with van der Waals surface area (Å²) >= 11 is 0. The molecule has 0 saturated carbocycles. The summed E-state index contributed by atoms with van der Waals surface area (Å²) in [5, 5.41) is 2.53. The van der Waals surface area contributed by atoms with E-state index >= 15 is 0 Å². The summed E-state index contributed by atoms with van der Waals surface area (Å²) in [7, 11) is 0. The van der Waals surface area contributed by atoms with Crippen LogP contribution in [-0.2, 0) is 20.8 Å². The largest absolute Gasteiger partial charge is 0.426 e. The van der Waals surface area contributed by atoms with Crippen LogP contribution >= 0.6 is 0 Å². The number of ether oxygens (including phenoxy) is 1. The average Bonchev–Trinajstić information content (AvgIpc) is 3.06. The van der Waals surface area contributed by atoms with Crippen LogP contribution in [0.2, 0.25) is 0 Å². The number of nitrogens with one attached hydrogen (secondary N) is 1. The van der Waals surface area contributed by atoms with Crippen LogP contribution in [0.1, 0.15) is 12.5 Å². The number of hydrogen-bond acceptors (Lipinski definition) is 5. The molecule has 4 rings (SSSR count). The van der Waals surface area contributed by atoms with Gasteiger partial charge in [-0.05, 0) is 25.1 Å². The Morgan fingerprint density at radius 3 is 2.53 bits per heavy atom. The van der Waals surface area contributed by atoms with Crippen molar-refractivity contribution in [1.82, 2.24) is 4.90 Å². The van der Waals surface area contributed by atoms with Crippen LogP contribution < -0.4 is 15.0 Å². The molecule has 2 aromatic carbocycles. The summed E-state index contributed by atoms with van der Waals surface area (Å²) in [6.45, 7) is 2.66. The topological polar surface area (TPSA) is 79.0 Å². The van der Waals surface area contributed by atoms with Gasteiger partial charge in [0.1, 0.15) is 17.4 Å². The van der Waals surface area contributed by atoms with E-state index in [4.69, 9.17) is 4.74 Å². The van der Waals surface area contributed by atoms with Crippen molar-refractivity contribution in [2.45, 2.75) is 19.4 Å². The van der Waals surface area contributed by atoms with E-state index < -0.39 is 23.4 Å². The van der Waals surface area contributed by atoms with Crippen LogP contribution in [0.3, 0.4) is 0 Å². The molecule has 1 atom stereocenters. The fourth-order valence-corrected chi connectivity index (χ4v) is 3.72. The Kier molecular flexibility index (Phi) is 5.11. The predicted molar refractivity (Wildman–Crippen MR) is 104 cm³/mol. The number of piperazine rings is 1. The standard InChI is InChI=1S/C21H19F2N3O4/c1-12-11-25(17-8-14(22)7-15(23)9-17)4-5-26(12)21(29)20(28)24-16-3-2-13-6-19(27)30-18(13)10-16/h2-3,7-10,12H,4-6,11H2,1H3,(H,24,28)/t12-/m1/s1. The molecule has 7 nitrogen and oxygen atoms in total. The fourth-order valence-electron chi connectivity index (χ4n) is 3.72. The number of carbonyl (C=O) groups is 3. The number of anilines is 2. The quantitative estimate of drug-likeness (QED) is 0.462. The van der Waals surface area contributed by atoms with Gasteiger partial charge in [0.05, 0.1) is 6.42 Å². The Morgan fingerprint density at radius 2 is 1.83 bits per heavy atom. The van der Waals surface area contributed by atoms with E-state index in [0.717, 1.165) is 11.6 Å². The zero-order valence-electron chi connectivity index (χ0n) is 16.2. The average molecular weight is 415 g/mol. The highest BCUT2D eigenvalue weighted by atomic mass is 19.1. The maximum Gasteiger partial charge on any atom is 0.315 e. The summed E-state index contributed by atoms with van der Waals surface area (Å²) in [6.07, 6.45) is 0.180. The minimum Gasteiger partial charge on any atom is -0.426 e. The van der Waals surface area contributed by atoms with Gasteiger partial charge in [-0.25, -0.2) is 8.78 Å². The molecule has 0 unspecified atom stereocenters. The SMILES string of the molecule is C[C@@H]1CN(c2cc(F)cc(F)c2)CCN1C(=O)C(=O)Nc1ccc2c(c1)OC(=O)C2. The van der Waals surface area contributed by atoms with Gasteiger partial charge in [0.25, 0.3) is 0 Å². The Balaban J connectivity index is 1.40. The number of esters is 1. The lowest BCUT2D eigenvalue weighted by Crippen LogP contribution is -2.56. The first kappa shape index (κ1) is 19.8. The number of halogens is 2. The Labute approximate surface area is 171 Å². The van der Waals surface area contributed by atoms with E-state index in [1.54, 1.807) is 24.0 Å². The zero-order valence-corrected chi connectivity index (χ0v) is 16.2. The van der Waals surface area contributed by atoms with Crippen LogP contribution in [0, 0.1) is 11.6 Å². The number of amides is 2. The third-order valence-electron chi connectivity index (χ3n) is 5.18. The van der Waals surface area contributed by atoms with Gasteiger partial charge in [-0.3, -0.25) is 14.4 Å². The summed E-state index contributed by atoms with van der Waals surface area (Å²) in [5.41, 5.74) is 1.47. The van der Waals surface area contributed by atoms with E-state index in [0.29, 0.717) is 30.2 Å². The van der Waals surface area contributed by atoms with Crippen molar-refractivity contribution in [3.63, 3.8) is 0 Å².